The molecule has 1 N–H and O–H groups in total. The van der Waals surface area contributed by atoms with Gasteiger partial charge < -0.3 is 5.32 Å². The van der Waals surface area contributed by atoms with Crippen molar-refractivity contribution in [2.75, 3.05) is 17.9 Å². The van der Waals surface area contributed by atoms with E-state index in [0.717, 1.165) is 10.1 Å². The van der Waals surface area contributed by atoms with Crippen LogP contribution in [0.3, 0.4) is 0 Å². The SMILES string of the molecule is CCN(c1ccc2sc(C(=O)NC)cc2c1)S(=O)(=O)c1ccccc1. The van der Waals surface area contributed by atoms with E-state index in [1.807, 2.05) is 12.1 Å². The van der Waals surface area contributed by atoms with Gasteiger partial charge in [0.15, 0.2) is 0 Å². The molecule has 1 heterocycles. The standard InChI is InChI=1S/C18H18N2O3S2/c1-3-20(25(22,23)15-7-5-4-6-8-15)14-9-10-16-13(11-14)12-17(24-16)18(21)19-2/h4-12H,3H2,1-2H3,(H,19,21). The van der Waals surface area contributed by atoms with Crippen LogP contribution >= 0.6 is 11.3 Å². The molecule has 130 valence electrons. The van der Waals surface area contributed by atoms with Gasteiger partial charge >= 0.3 is 0 Å². The van der Waals surface area contributed by atoms with Crippen molar-refractivity contribution in [1.29, 1.82) is 0 Å². The van der Waals surface area contributed by atoms with E-state index in [1.54, 1.807) is 56.4 Å². The summed E-state index contributed by atoms with van der Waals surface area (Å²) >= 11 is 1.38. The minimum Gasteiger partial charge on any atom is -0.354 e. The van der Waals surface area contributed by atoms with Crippen molar-refractivity contribution in [3.8, 4) is 0 Å². The zero-order valence-electron chi connectivity index (χ0n) is 13.9. The van der Waals surface area contributed by atoms with Crippen molar-refractivity contribution in [1.82, 2.24) is 5.32 Å². The Hall–Kier alpha value is -2.38. The molecule has 0 bridgehead atoms. The number of nitrogens with zero attached hydrogens (tertiary/aromatic N) is 1. The predicted octanol–water partition coefficient (Wildman–Crippen LogP) is 3.48. The maximum atomic E-state index is 12.9. The van der Waals surface area contributed by atoms with Crippen LogP contribution in [0.5, 0.6) is 0 Å². The number of nitrogens with one attached hydrogen (secondary N) is 1. The first-order valence-corrected chi connectivity index (χ1v) is 10.1. The number of fused-ring (bicyclic) bond motifs is 1. The molecular weight excluding hydrogens is 356 g/mol. The summed E-state index contributed by atoms with van der Waals surface area (Å²) in [6, 6.07) is 15.6. The van der Waals surface area contributed by atoms with Gasteiger partial charge in [0.25, 0.3) is 15.9 Å². The number of amides is 1. The molecule has 0 unspecified atom stereocenters. The second-order valence-electron chi connectivity index (χ2n) is 5.39. The van der Waals surface area contributed by atoms with Gasteiger partial charge in [-0.3, -0.25) is 9.10 Å². The molecule has 1 amide bonds. The molecule has 0 aliphatic carbocycles. The summed E-state index contributed by atoms with van der Waals surface area (Å²) in [5, 5.41) is 3.45. The van der Waals surface area contributed by atoms with E-state index in [9.17, 15) is 13.2 Å². The number of thiophene rings is 1. The van der Waals surface area contributed by atoms with Crippen LogP contribution in [0.15, 0.2) is 59.5 Å². The Morgan fingerprint density at radius 3 is 2.48 bits per heavy atom. The van der Waals surface area contributed by atoms with Gasteiger partial charge in [-0.1, -0.05) is 18.2 Å². The lowest BCUT2D eigenvalue weighted by Gasteiger charge is -2.23. The van der Waals surface area contributed by atoms with E-state index < -0.39 is 10.0 Å². The lowest BCUT2D eigenvalue weighted by Crippen LogP contribution is -2.30. The van der Waals surface area contributed by atoms with E-state index in [2.05, 4.69) is 5.32 Å². The van der Waals surface area contributed by atoms with Crippen molar-refractivity contribution < 1.29 is 13.2 Å². The van der Waals surface area contributed by atoms with E-state index >= 15 is 0 Å². The molecule has 2 aromatic carbocycles. The smallest absolute Gasteiger partial charge is 0.264 e. The Bertz CT molecular complexity index is 1010. The van der Waals surface area contributed by atoms with Gasteiger partial charge in [0, 0.05) is 18.3 Å². The number of benzene rings is 2. The normalized spacial score (nSPS) is 11.4. The van der Waals surface area contributed by atoms with Crippen LogP contribution in [0.25, 0.3) is 10.1 Å². The van der Waals surface area contributed by atoms with Gasteiger partial charge in [-0.15, -0.1) is 11.3 Å². The quantitative estimate of drug-likeness (QED) is 0.743. The molecule has 1 aromatic heterocycles. The highest BCUT2D eigenvalue weighted by molar-refractivity contribution is 7.92. The molecular formula is C18H18N2O3S2. The first kappa shape index (κ1) is 17.4. The third-order valence-electron chi connectivity index (χ3n) is 3.86. The molecule has 0 aliphatic heterocycles. The monoisotopic (exact) mass is 374 g/mol. The number of carbonyl (C=O) groups excluding carboxylic acids is 1. The summed E-state index contributed by atoms with van der Waals surface area (Å²) in [6.45, 7) is 2.11. The summed E-state index contributed by atoms with van der Waals surface area (Å²) in [5.74, 6) is -0.146. The van der Waals surface area contributed by atoms with Crippen LogP contribution in [-0.4, -0.2) is 27.9 Å². The maximum Gasteiger partial charge on any atom is 0.264 e. The largest absolute Gasteiger partial charge is 0.354 e. The van der Waals surface area contributed by atoms with Gasteiger partial charge in [-0.25, -0.2) is 8.42 Å². The molecule has 0 radical (unpaired) electrons. The number of rotatable bonds is 5. The highest BCUT2D eigenvalue weighted by atomic mass is 32.2. The Balaban J connectivity index is 2.05. The van der Waals surface area contributed by atoms with Crippen molar-refractivity contribution in [2.45, 2.75) is 11.8 Å². The molecule has 3 aromatic rings. The van der Waals surface area contributed by atoms with Gasteiger partial charge in [0.2, 0.25) is 0 Å². The fraction of sp³-hybridized carbons (Fsp3) is 0.167. The second-order valence-corrected chi connectivity index (χ2v) is 8.34. The van der Waals surface area contributed by atoms with Crippen molar-refractivity contribution in [2.24, 2.45) is 0 Å². The summed E-state index contributed by atoms with van der Waals surface area (Å²) in [6.07, 6.45) is 0. The number of hydrogen-bond donors (Lipinski definition) is 1. The highest BCUT2D eigenvalue weighted by Gasteiger charge is 2.23. The molecule has 7 heteroatoms. The minimum atomic E-state index is -3.63. The van der Waals surface area contributed by atoms with Crippen molar-refractivity contribution in [3.63, 3.8) is 0 Å². The zero-order chi connectivity index (χ0) is 18.0. The molecule has 3 rings (SSSR count). The fourth-order valence-corrected chi connectivity index (χ4v) is 5.11. The van der Waals surface area contributed by atoms with E-state index in [-0.39, 0.29) is 10.8 Å². The number of sulfonamides is 1. The molecule has 25 heavy (non-hydrogen) atoms. The number of hydrogen-bond acceptors (Lipinski definition) is 4. The lowest BCUT2D eigenvalue weighted by atomic mass is 10.2. The van der Waals surface area contributed by atoms with E-state index in [4.69, 9.17) is 0 Å². The molecule has 5 nitrogen and oxygen atoms in total. The molecule has 0 fully saturated rings. The fourth-order valence-electron chi connectivity index (χ4n) is 2.63. The van der Waals surface area contributed by atoms with Gasteiger partial charge in [0.1, 0.15) is 0 Å². The number of anilines is 1. The van der Waals surface area contributed by atoms with Crippen molar-refractivity contribution in [3.05, 3.63) is 59.5 Å². The molecule has 0 atom stereocenters. The Morgan fingerprint density at radius 1 is 1.12 bits per heavy atom. The Morgan fingerprint density at radius 2 is 1.84 bits per heavy atom. The summed E-state index contributed by atoms with van der Waals surface area (Å²) in [7, 11) is -2.04. The van der Waals surface area contributed by atoms with Crippen molar-refractivity contribution >= 4 is 43.0 Å². The van der Waals surface area contributed by atoms with E-state index in [1.165, 1.54) is 15.6 Å². The Labute approximate surface area is 151 Å². The zero-order valence-corrected chi connectivity index (χ0v) is 15.5. The first-order chi connectivity index (χ1) is 12.0. The van der Waals surface area contributed by atoms with Gasteiger partial charge in [-0.05, 0) is 48.7 Å². The van der Waals surface area contributed by atoms with E-state index in [0.29, 0.717) is 17.1 Å². The minimum absolute atomic E-state index is 0.146. The molecule has 0 saturated carbocycles. The topological polar surface area (TPSA) is 66.5 Å². The average Bonchev–Trinajstić information content (AvgIpc) is 3.05. The van der Waals surface area contributed by atoms with Crippen LogP contribution in [0.2, 0.25) is 0 Å². The number of carbonyl (C=O) groups is 1. The van der Waals surface area contributed by atoms with Crippen LogP contribution in [0, 0.1) is 0 Å². The third-order valence-corrected chi connectivity index (χ3v) is 6.89. The third kappa shape index (κ3) is 3.25. The van der Waals surface area contributed by atoms with Crippen LogP contribution in [-0.2, 0) is 10.0 Å². The first-order valence-electron chi connectivity index (χ1n) is 7.81. The van der Waals surface area contributed by atoms with Gasteiger partial charge in [-0.2, -0.15) is 0 Å². The van der Waals surface area contributed by atoms with Crippen LogP contribution in [0.1, 0.15) is 16.6 Å². The summed E-state index contributed by atoms with van der Waals surface area (Å²) < 4.78 is 28.2. The highest BCUT2D eigenvalue weighted by Crippen LogP contribution is 2.31. The Kier molecular flexibility index (Phi) is 4.78. The van der Waals surface area contributed by atoms with Gasteiger partial charge in [0.05, 0.1) is 15.5 Å². The molecule has 0 spiro atoms. The predicted molar refractivity (Wildman–Crippen MR) is 102 cm³/mol. The summed E-state index contributed by atoms with van der Waals surface area (Å²) in [4.78, 5) is 12.7. The maximum absolute atomic E-state index is 12.9. The lowest BCUT2D eigenvalue weighted by molar-refractivity contribution is 0.0967. The second kappa shape index (κ2) is 6.85. The molecule has 0 aliphatic rings. The van der Waals surface area contributed by atoms with Crippen LogP contribution < -0.4 is 9.62 Å². The van der Waals surface area contributed by atoms with Crippen LogP contribution in [0.4, 0.5) is 5.69 Å². The average molecular weight is 374 g/mol. The molecule has 0 saturated heterocycles. The summed E-state index contributed by atoms with van der Waals surface area (Å²) in [5.41, 5.74) is 0.583.